The molecule has 0 saturated carbocycles. The molecule has 1 aliphatic heterocycles. The number of amides is 1. The molecule has 0 spiro atoms. The van der Waals surface area contributed by atoms with Gasteiger partial charge in [0, 0.05) is 23.2 Å². The number of nitrogens with zero attached hydrogens (tertiary/aromatic N) is 1. The van der Waals surface area contributed by atoms with Crippen LogP contribution in [0.25, 0.3) is 0 Å². The largest absolute Gasteiger partial charge is 0.478 e. The standard InChI is InChI=1S/C25H27N3O9/c1-3-34-22(30)13-36-20-8-6-15(10-21(20)37-14-23(31)35-4-2)19(29)12-28-11-17-9-16(24(26)27-33)5-7-18(17)25(28)32/h5-10,33H,3-4,11-14H2,1-2H3,(H2,26,27). The lowest BCUT2D eigenvalue weighted by atomic mass is 10.1. The highest BCUT2D eigenvalue weighted by molar-refractivity contribution is 6.05. The maximum absolute atomic E-state index is 13.0. The van der Waals surface area contributed by atoms with E-state index in [1.807, 2.05) is 0 Å². The van der Waals surface area contributed by atoms with Gasteiger partial charge in [-0.25, -0.2) is 9.59 Å². The number of benzene rings is 2. The minimum absolute atomic E-state index is 0.0406. The summed E-state index contributed by atoms with van der Waals surface area (Å²) < 4.78 is 20.6. The summed E-state index contributed by atoms with van der Waals surface area (Å²) in [5.74, 6) is -2.02. The van der Waals surface area contributed by atoms with Gasteiger partial charge in [-0.1, -0.05) is 6.07 Å². The lowest BCUT2D eigenvalue weighted by Crippen LogP contribution is -2.30. The smallest absolute Gasteiger partial charge is 0.344 e. The molecule has 2 aromatic carbocycles. The van der Waals surface area contributed by atoms with E-state index >= 15 is 0 Å². The Balaban J connectivity index is 1.75. The van der Waals surface area contributed by atoms with Crippen LogP contribution in [0.15, 0.2) is 36.4 Å². The quantitative estimate of drug-likeness (QED) is 0.125. The number of carbonyl (C=O) groups is 4. The summed E-state index contributed by atoms with van der Waals surface area (Å²) in [4.78, 5) is 50.6. The third kappa shape index (κ3) is 6.82. The molecule has 0 unspecified atom stereocenters. The Bertz CT molecular complexity index is 1210. The number of esters is 2. The second-order valence-corrected chi connectivity index (χ2v) is 7.79. The van der Waals surface area contributed by atoms with Gasteiger partial charge < -0.3 is 23.8 Å². The van der Waals surface area contributed by atoms with Crippen molar-refractivity contribution in [3.05, 3.63) is 58.7 Å². The summed E-state index contributed by atoms with van der Waals surface area (Å²) in [5.41, 5.74) is 3.37. The first-order valence-electron chi connectivity index (χ1n) is 11.4. The van der Waals surface area contributed by atoms with E-state index in [1.54, 1.807) is 31.5 Å². The van der Waals surface area contributed by atoms with Crippen LogP contribution in [0.3, 0.4) is 0 Å². The van der Waals surface area contributed by atoms with Crippen molar-refractivity contribution in [3.8, 4) is 11.5 Å². The van der Waals surface area contributed by atoms with Crippen LogP contribution in [0.2, 0.25) is 0 Å². The van der Waals surface area contributed by atoms with Gasteiger partial charge in [-0.2, -0.15) is 0 Å². The van der Waals surface area contributed by atoms with E-state index in [0.717, 1.165) is 0 Å². The average molecular weight is 514 g/mol. The van der Waals surface area contributed by atoms with E-state index in [4.69, 9.17) is 29.6 Å². The van der Waals surface area contributed by atoms with Gasteiger partial charge in [-0.15, -0.1) is 0 Å². The molecule has 3 rings (SSSR count). The molecule has 12 heteroatoms. The number of Topliss-reactive ketones (excluding diaryl/α,β-unsaturated/α-hetero) is 1. The first-order chi connectivity index (χ1) is 17.8. The van der Waals surface area contributed by atoms with E-state index in [9.17, 15) is 19.2 Å². The average Bonchev–Trinajstić information content (AvgIpc) is 3.20. The molecular weight excluding hydrogens is 486 g/mol. The number of amidine groups is 1. The highest BCUT2D eigenvalue weighted by Crippen LogP contribution is 2.30. The second-order valence-electron chi connectivity index (χ2n) is 7.79. The van der Waals surface area contributed by atoms with Gasteiger partial charge in [-0.05, 0) is 49.7 Å². The molecule has 196 valence electrons. The molecule has 0 radical (unpaired) electrons. The molecule has 1 amide bonds. The van der Waals surface area contributed by atoms with Crippen molar-refractivity contribution >= 4 is 29.5 Å². The van der Waals surface area contributed by atoms with Gasteiger partial charge in [0.05, 0.1) is 19.8 Å². The fourth-order valence-electron chi connectivity index (χ4n) is 3.59. The summed E-state index contributed by atoms with van der Waals surface area (Å²) in [7, 11) is 0. The van der Waals surface area contributed by atoms with Gasteiger partial charge in [0.15, 0.2) is 30.5 Å². The number of nitrogens with one attached hydrogen (secondary N) is 2. The van der Waals surface area contributed by atoms with E-state index in [1.165, 1.54) is 29.2 Å². The molecule has 0 saturated heterocycles. The zero-order valence-electron chi connectivity index (χ0n) is 20.4. The molecule has 1 aliphatic rings. The fraction of sp³-hybridized carbons (Fsp3) is 0.320. The van der Waals surface area contributed by atoms with E-state index in [-0.39, 0.29) is 55.1 Å². The lowest BCUT2D eigenvalue weighted by Gasteiger charge is -2.16. The van der Waals surface area contributed by atoms with Gasteiger partial charge in [0.25, 0.3) is 5.91 Å². The van der Waals surface area contributed by atoms with E-state index < -0.39 is 30.9 Å². The zero-order valence-corrected chi connectivity index (χ0v) is 20.4. The maximum atomic E-state index is 13.0. The van der Waals surface area contributed by atoms with Crippen molar-refractivity contribution in [1.29, 1.82) is 5.41 Å². The molecule has 1 heterocycles. The molecule has 0 bridgehead atoms. The first kappa shape index (κ1) is 27.1. The number of carbonyl (C=O) groups excluding carboxylic acids is 4. The third-order valence-electron chi connectivity index (χ3n) is 5.29. The Labute approximate surface area is 212 Å². The predicted octanol–water partition coefficient (Wildman–Crippen LogP) is 1.71. The fourth-order valence-corrected chi connectivity index (χ4v) is 3.59. The number of hydroxylamine groups is 1. The maximum Gasteiger partial charge on any atom is 0.344 e. The monoisotopic (exact) mass is 513 g/mol. The van der Waals surface area contributed by atoms with Crippen molar-refractivity contribution in [3.63, 3.8) is 0 Å². The SMILES string of the molecule is CCOC(=O)COc1ccc(C(=O)CN2Cc3cc(C(=N)NO)ccc3C2=O)cc1OCC(=O)OCC. The minimum atomic E-state index is -0.625. The van der Waals surface area contributed by atoms with Crippen molar-refractivity contribution in [2.24, 2.45) is 0 Å². The van der Waals surface area contributed by atoms with Gasteiger partial charge in [0.2, 0.25) is 0 Å². The Kier molecular flexibility index (Phi) is 9.16. The summed E-state index contributed by atoms with van der Waals surface area (Å²) >= 11 is 0. The highest BCUT2D eigenvalue weighted by atomic mass is 16.6. The lowest BCUT2D eigenvalue weighted by molar-refractivity contribution is -0.146. The topological polar surface area (TPSA) is 165 Å². The van der Waals surface area contributed by atoms with Crippen LogP contribution in [-0.4, -0.2) is 72.5 Å². The molecule has 0 aromatic heterocycles. The summed E-state index contributed by atoms with van der Waals surface area (Å²) in [6.07, 6.45) is 0. The van der Waals surface area contributed by atoms with Crippen molar-refractivity contribution < 1.29 is 43.3 Å². The molecule has 0 atom stereocenters. The second kappa shape index (κ2) is 12.5. The molecule has 3 N–H and O–H groups in total. The van der Waals surface area contributed by atoms with Crippen LogP contribution in [0.4, 0.5) is 0 Å². The van der Waals surface area contributed by atoms with Crippen LogP contribution in [-0.2, 0) is 25.6 Å². The summed E-state index contributed by atoms with van der Waals surface area (Å²) in [6, 6.07) is 8.91. The first-order valence-corrected chi connectivity index (χ1v) is 11.4. The van der Waals surface area contributed by atoms with E-state index in [2.05, 4.69) is 0 Å². The summed E-state index contributed by atoms with van der Waals surface area (Å²) in [5, 5.41) is 16.6. The molecular formula is C25H27N3O9. The third-order valence-corrected chi connectivity index (χ3v) is 5.29. The van der Waals surface area contributed by atoms with Crippen LogP contribution in [0.5, 0.6) is 11.5 Å². The van der Waals surface area contributed by atoms with Gasteiger partial charge in [-0.3, -0.25) is 25.7 Å². The molecule has 37 heavy (non-hydrogen) atoms. The summed E-state index contributed by atoms with van der Waals surface area (Å²) in [6.45, 7) is 2.73. The van der Waals surface area contributed by atoms with Crippen LogP contribution >= 0.6 is 0 Å². The molecule has 0 aliphatic carbocycles. The number of rotatable bonds is 12. The minimum Gasteiger partial charge on any atom is -0.478 e. The number of hydrogen-bond donors (Lipinski definition) is 3. The van der Waals surface area contributed by atoms with Crippen LogP contribution in [0, 0.1) is 5.41 Å². The Hall–Kier alpha value is -4.45. The van der Waals surface area contributed by atoms with Gasteiger partial charge in [0.1, 0.15) is 5.84 Å². The molecule has 2 aromatic rings. The van der Waals surface area contributed by atoms with E-state index in [0.29, 0.717) is 16.7 Å². The Morgan fingerprint density at radius 3 is 2.19 bits per heavy atom. The Morgan fingerprint density at radius 1 is 0.946 bits per heavy atom. The van der Waals surface area contributed by atoms with Crippen LogP contribution < -0.4 is 15.0 Å². The molecule has 12 nitrogen and oxygen atoms in total. The number of ketones is 1. The number of hydrogen-bond acceptors (Lipinski definition) is 10. The predicted molar refractivity (Wildman–Crippen MR) is 128 cm³/mol. The number of fused-ring (bicyclic) bond motifs is 1. The zero-order chi connectivity index (χ0) is 26.9. The van der Waals surface area contributed by atoms with Crippen molar-refractivity contribution in [2.75, 3.05) is 33.0 Å². The normalized spacial score (nSPS) is 12.0. The Morgan fingerprint density at radius 2 is 1.57 bits per heavy atom. The highest BCUT2D eigenvalue weighted by Gasteiger charge is 2.29. The number of ether oxygens (including phenoxy) is 4. The van der Waals surface area contributed by atoms with Crippen molar-refractivity contribution in [1.82, 2.24) is 10.4 Å². The van der Waals surface area contributed by atoms with Gasteiger partial charge >= 0.3 is 11.9 Å². The molecule has 0 fully saturated rings. The van der Waals surface area contributed by atoms with Crippen LogP contribution in [0.1, 0.15) is 45.7 Å². The van der Waals surface area contributed by atoms with Crippen molar-refractivity contribution in [2.45, 2.75) is 20.4 Å².